The summed E-state index contributed by atoms with van der Waals surface area (Å²) >= 11 is 0. The zero-order valence-corrected chi connectivity index (χ0v) is 5.72. The van der Waals surface area contributed by atoms with Crippen LogP contribution < -0.4 is 0 Å². The van der Waals surface area contributed by atoms with Crippen LogP contribution in [0, 0.1) is 0 Å². The fourth-order valence-corrected chi connectivity index (χ4v) is 0.316. The molecule has 9 heavy (non-hydrogen) atoms. The van der Waals surface area contributed by atoms with E-state index < -0.39 is 15.1 Å². The van der Waals surface area contributed by atoms with Gasteiger partial charge in [0.2, 0.25) is 4.93 Å². The lowest BCUT2D eigenvalue weighted by Crippen LogP contribution is -2.31. The molecule has 0 spiro atoms. The van der Waals surface area contributed by atoms with E-state index in [0.717, 1.165) is 13.0 Å². The summed E-state index contributed by atoms with van der Waals surface area (Å²) in [5.41, 5.74) is 0. The summed E-state index contributed by atoms with van der Waals surface area (Å²) in [6.45, 7) is 3.94. The monoisotopic (exact) mass is 152 g/mol. The van der Waals surface area contributed by atoms with E-state index in [2.05, 4.69) is 6.58 Å². The van der Waals surface area contributed by atoms with Gasteiger partial charge in [-0.25, -0.2) is 0 Å². The van der Waals surface area contributed by atoms with Crippen LogP contribution in [0.1, 0.15) is 6.92 Å². The maximum Gasteiger partial charge on any atom is 0.298 e. The van der Waals surface area contributed by atoms with Crippen LogP contribution in [0.15, 0.2) is 12.7 Å². The van der Waals surface area contributed by atoms with Crippen LogP contribution in [-0.4, -0.2) is 23.0 Å². The Kier molecular flexibility index (Phi) is 2.00. The second kappa shape index (κ2) is 2.09. The summed E-state index contributed by atoms with van der Waals surface area (Å²) in [6, 6.07) is 0. The molecule has 2 N–H and O–H groups in total. The van der Waals surface area contributed by atoms with Gasteiger partial charge in [0.15, 0.2) is 0 Å². The zero-order chi connectivity index (χ0) is 7.71. The largest absolute Gasteiger partial charge is 0.370 e. The fraction of sp³-hybridized carbons (Fsp3) is 0.500. The minimum atomic E-state index is -4.41. The van der Waals surface area contributed by atoms with Crippen molar-refractivity contribution >= 4 is 10.1 Å². The van der Waals surface area contributed by atoms with Gasteiger partial charge in [0.1, 0.15) is 0 Å². The van der Waals surface area contributed by atoms with Gasteiger partial charge in [-0.05, 0) is 13.0 Å². The molecule has 0 aliphatic rings. The molecule has 0 aliphatic heterocycles. The highest BCUT2D eigenvalue weighted by molar-refractivity contribution is 7.87. The van der Waals surface area contributed by atoms with Gasteiger partial charge in [0.25, 0.3) is 10.1 Å². The van der Waals surface area contributed by atoms with Crippen molar-refractivity contribution in [1.29, 1.82) is 0 Å². The summed E-state index contributed by atoms with van der Waals surface area (Å²) in [5, 5.41) is 8.70. The summed E-state index contributed by atoms with van der Waals surface area (Å²) in [7, 11) is -4.41. The van der Waals surface area contributed by atoms with Gasteiger partial charge in [0, 0.05) is 0 Å². The van der Waals surface area contributed by atoms with Crippen LogP contribution in [0.5, 0.6) is 0 Å². The van der Waals surface area contributed by atoms with Crippen molar-refractivity contribution in [2.24, 2.45) is 0 Å². The van der Waals surface area contributed by atoms with Crippen molar-refractivity contribution in [2.75, 3.05) is 0 Å². The Morgan fingerprint density at radius 1 is 1.67 bits per heavy atom. The molecular formula is C4H8O4S. The molecule has 1 atom stereocenters. The number of hydrogen-bond acceptors (Lipinski definition) is 3. The predicted molar refractivity (Wildman–Crippen MR) is 32.4 cm³/mol. The first-order valence-electron chi connectivity index (χ1n) is 2.14. The first-order valence-corrected chi connectivity index (χ1v) is 3.58. The quantitative estimate of drug-likeness (QED) is 0.423. The molecule has 1 unspecified atom stereocenters. The van der Waals surface area contributed by atoms with Crippen molar-refractivity contribution in [3.8, 4) is 0 Å². The average Bonchev–Trinajstić information content (AvgIpc) is 1.64. The van der Waals surface area contributed by atoms with Crippen LogP contribution in [-0.2, 0) is 10.1 Å². The Balaban J connectivity index is 4.77. The molecule has 0 bridgehead atoms. The molecule has 0 fully saturated rings. The molecule has 0 aromatic heterocycles. The smallest absolute Gasteiger partial charge is 0.298 e. The van der Waals surface area contributed by atoms with Crippen LogP contribution in [0.2, 0.25) is 0 Å². The molecule has 0 saturated carbocycles. The lowest BCUT2D eigenvalue weighted by molar-refractivity contribution is 0.181. The molecule has 0 rings (SSSR count). The van der Waals surface area contributed by atoms with Crippen molar-refractivity contribution in [3.05, 3.63) is 12.7 Å². The Labute approximate surface area is 53.6 Å². The van der Waals surface area contributed by atoms with Gasteiger partial charge in [-0.3, -0.25) is 4.55 Å². The van der Waals surface area contributed by atoms with Gasteiger partial charge >= 0.3 is 0 Å². The van der Waals surface area contributed by atoms with Crippen LogP contribution >= 0.6 is 0 Å². The molecule has 54 valence electrons. The van der Waals surface area contributed by atoms with Crippen molar-refractivity contribution in [2.45, 2.75) is 11.9 Å². The highest BCUT2D eigenvalue weighted by Crippen LogP contribution is 2.10. The molecule has 0 saturated heterocycles. The predicted octanol–water partition coefficient (Wildman–Crippen LogP) is -0.231. The molecule has 0 aromatic carbocycles. The van der Waals surface area contributed by atoms with E-state index in [0.29, 0.717) is 0 Å². The molecule has 0 amide bonds. The number of rotatable bonds is 2. The Bertz CT molecular complexity index is 201. The summed E-state index contributed by atoms with van der Waals surface area (Å²) < 4.78 is 28.4. The zero-order valence-electron chi connectivity index (χ0n) is 4.90. The third kappa shape index (κ3) is 1.78. The lowest BCUT2D eigenvalue weighted by atomic mass is 10.4. The van der Waals surface area contributed by atoms with Gasteiger partial charge < -0.3 is 5.11 Å². The molecule has 4 nitrogen and oxygen atoms in total. The van der Waals surface area contributed by atoms with E-state index in [4.69, 9.17) is 9.66 Å². The Morgan fingerprint density at radius 2 is 2.00 bits per heavy atom. The Morgan fingerprint density at radius 3 is 2.00 bits per heavy atom. The minimum Gasteiger partial charge on any atom is -0.370 e. The van der Waals surface area contributed by atoms with E-state index in [9.17, 15) is 8.42 Å². The average molecular weight is 152 g/mol. The number of hydrogen-bond donors (Lipinski definition) is 2. The number of aliphatic hydroxyl groups is 1. The van der Waals surface area contributed by atoms with Crippen molar-refractivity contribution < 1.29 is 18.1 Å². The second-order valence-electron chi connectivity index (χ2n) is 1.73. The van der Waals surface area contributed by atoms with Gasteiger partial charge in [0.05, 0.1) is 0 Å². The van der Waals surface area contributed by atoms with E-state index >= 15 is 0 Å². The normalized spacial score (nSPS) is 18.6. The molecule has 0 aliphatic carbocycles. The summed E-state index contributed by atoms with van der Waals surface area (Å²) in [4.78, 5) is -2.23. The third-order valence-corrected chi connectivity index (χ3v) is 2.11. The second-order valence-corrected chi connectivity index (χ2v) is 3.51. The maximum atomic E-state index is 10.1. The highest BCUT2D eigenvalue weighted by Gasteiger charge is 2.31. The molecule has 0 radical (unpaired) electrons. The molecule has 0 heterocycles. The minimum absolute atomic E-state index is 0.738. The molecular weight excluding hydrogens is 144 g/mol. The maximum absolute atomic E-state index is 10.1. The van der Waals surface area contributed by atoms with Crippen LogP contribution in [0.3, 0.4) is 0 Å². The lowest BCUT2D eigenvalue weighted by Gasteiger charge is -2.12. The van der Waals surface area contributed by atoms with E-state index in [1.54, 1.807) is 0 Å². The molecule has 0 aromatic rings. The topological polar surface area (TPSA) is 74.6 Å². The fourth-order valence-electron chi connectivity index (χ4n) is 0.105. The van der Waals surface area contributed by atoms with E-state index in [-0.39, 0.29) is 0 Å². The van der Waals surface area contributed by atoms with Crippen LogP contribution in [0.4, 0.5) is 0 Å². The van der Waals surface area contributed by atoms with E-state index in [1.165, 1.54) is 0 Å². The van der Waals surface area contributed by atoms with Gasteiger partial charge in [-0.15, -0.1) is 0 Å². The summed E-state index contributed by atoms with van der Waals surface area (Å²) in [5.74, 6) is 0. The van der Waals surface area contributed by atoms with E-state index in [1.807, 2.05) is 0 Å². The van der Waals surface area contributed by atoms with Gasteiger partial charge in [-0.2, -0.15) is 8.42 Å². The van der Waals surface area contributed by atoms with Crippen molar-refractivity contribution in [1.82, 2.24) is 0 Å². The first kappa shape index (κ1) is 8.61. The summed E-state index contributed by atoms with van der Waals surface area (Å²) in [6.07, 6.45) is 0.738. The Hall–Kier alpha value is -0.390. The van der Waals surface area contributed by atoms with Crippen LogP contribution in [0.25, 0.3) is 0 Å². The first-order chi connectivity index (χ1) is 3.81. The highest BCUT2D eigenvalue weighted by atomic mass is 32.2. The third-order valence-electron chi connectivity index (χ3n) is 0.901. The molecule has 5 heteroatoms. The van der Waals surface area contributed by atoms with Crippen molar-refractivity contribution in [3.63, 3.8) is 0 Å². The standard InChI is InChI=1S/C4H8O4S/c1-3-4(2,5)9(6,7)8/h3,5H,1H2,2H3,(H,6,7,8). The van der Waals surface area contributed by atoms with Gasteiger partial charge in [-0.1, -0.05) is 6.58 Å². The SMILES string of the molecule is C=CC(C)(O)S(=O)(=O)O.